The number of aliphatic hydroxyl groups is 1. The first-order chi connectivity index (χ1) is 13.0. The second-order valence-electron chi connectivity index (χ2n) is 8.10. The number of piperidine rings is 1. The van der Waals surface area contributed by atoms with Crippen LogP contribution in [0.2, 0.25) is 0 Å². The fourth-order valence-corrected chi connectivity index (χ4v) is 3.92. The molecular formula is C22H30N2O3. The van der Waals surface area contributed by atoms with Crippen LogP contribution in [-0.2, 0) is 6.42 Å². The molecule has 2 heterocycles. The van der Waals surface area contributed by atoms with Crippen molar-refractivity contribution in [3.8, 4) is 0 Å². The Morgan fingerprint density at radius 3 is 2.78 bits per heavy atom. The number of amides is 1. The van der Waals surface area contributed by atoms with Gasteiger partial charge in [-0.15, -0.1) is 0 Å². The Labute approximate surface area is 161 Å². The molecule has 1 amide bonds. The zero-order valence-corrected chi connectivity index (χ0v) is 16.4. The van der Waals surface area contributed by atoms with Gasteiger partial charge in [0, 0.05) is 24.6 Å². The first kappa shape index (κ1) is 19.6. The molecule has 1 fully saturated rings. The molecule has 1 saturated heterocycles. The number of hydrogen-bond donors (Lipinski definition) is 1. The molecule has 1 aromatic carbocycles. The van der Waals surface area contributed by atoms with Gasteiger partial charge in [-0.1, -0.05) is 49.3 Å². The monoisotopic (exact) mass is 370 g/mol. The fraction of sp³-hybridized carbons (Fsp3) is 0.545. The van der Waals surface area contributed by atoms with Crippen LogP contribution < -0.4 is 0 Å². The molecule has 0 saturated carbocycles. The van der Waals surface area contributed by atoms with E-state index in [-0.39, 0.29) is 23.8 Å². The van der Waals surface area contributed by atoms with Crippen molar-refractivity contribution in [1.29, 1.82) is 0 Å². The van der Waals surface area contributed by atoms with Crippen molar-refractivity contribution < 1.29 is 14.4 Å². The van der Waals surface area contributed by atoms with Crippen LogP contribution in [-0.4, -0.2) is 40.8 Å². The molecule has 27 heavy (non-hydrogen) atoms. The highest BCUT2D eigenvalue weighted by Crippen LogP contribution is 2.35. The SMILES string of the molecule is CC(C)c1cc(C(=O)N2CCC[C@@](CO)(CCCc3ccccc3)C2)on1. The Balaban J connectivity index is 1.62. The summed E-state index contributed by atoms with van der Waals surface area (Å²) in [5, 5.41) is 14.1. The Morgan fingerprint density at radius 1 is 1.33 bits per heavy atom. The van der Waals surface area contributed by atoms with Gasteiger partial charge in [0.25, 0.3) is 5.91 Å². The molecule has 3 rings (SSSR count). The van der Waals surface area contributed by atoms with Crippen molar-refractivity contribution in [3.63, 3.8) is 0 Å². The molecule has 1 aliphatic rings. The first-order valence-electron chi connectivity index (χ1n) is 9.94. The molecule has 0 spiro atoms. The predicted molar refractivity (Wildman–Crippen MR) is 105 cm³/mol. The molecule has 5 nitrogen and oxygen atoms in total. The maximum absolute atomic E-state index is 12.8. The number of aryl methyl sites for hydroxylation is 1. The highest BCUT2D eigenvalue weighted by Gasteiger charge is 2.37. The van der Waals surface area contributed by atoms with Gasteiger partial charge in [0.15, 0.2) is 0 Å². The minimum Gasteiger partial charge on any atom is -0.396 e. The van der Waals surface area contributed by atoms with E-state index in [9.17, 15) is 9.90 Å². The normalized spacial score (nSPS) is 20.2. The molecule has 0 aliphatic carbocycles. The molecule has 0 bridgehead atoms. The van der Waals surface area contributed by atoms with Crippen molar-refractivity contribution >= 4 is 5.91 Å². The number of rotatable bonds is 7. The number of carbonyl (C=O) groups excluding carboxylic acids is 1. The van der Waals surface area contributed by atoms with Crippen LogP contribution in [0, 0.1) is 5.41 Å². The van der Waals surface area contributed by atoms with E-state index in [2.05, 4.69) is 29.4 Å². The van der Waals surface area contributed by atoms with Gasteiger partial charge in [0.1, 0.15) is 0 Å². The summed E-state index contributed by atoms with van der Waals surface area (Å²) in [6, 6.07) is 12.2. The minimum atomic E-state index is -0.219. The van der Waals surface area contributed by atoms with Crippen LogP contribution >= 0.6 is 0 Å². The number of hydrogen-bond acceptors (Lipinski definition) is 4. The number of benzene rings is 1. The average Bonchev–Trinajstić information content (AvgIpc) is 3.19. The standard InChI is InChI=1S/C22H30N2O3/c1-17(2)19-14-20(27-23-19)21(26)24-13-7-12-22(15-24,16-25)11-6-10-18-8-4-3-5-9-18/h3-5,8-9,14,17,25H,6-7,10-13,15-16H2,1-2H3/t22-/m0/s1. The van der Waals surface area contributed by atoms with E-state index in [0.717, 1.165) is 37.8 Å². The predicted octanol–water partition coefficient (Wildman–Crippen LogP) is 4.04. The van der Waals surface area contributed by atoms with Gasteiger partial charge >= 0.3 is 0 Å². The number of carbonyl (C=O) groups is 1. The van der Waals surface area contributed by atoms with E-state index in [1.807, 2.05) is 24.8 Å². The molecule has 1 aromatic heterocycles. The third-order valence-corrected chi connectivity index (χ3v) is 5.63. The van der Waals surface area contributed by atoms with E-state index in [4.69, 9.17) is 4.52 Å². The van der Waals surface area contributed by atoms with Gasteiger partial charge in [-0.2, -0.15) is 0 Å². The Hall–Kier alpha value is -2.14. The summed E-state index contributed by atoms with van der Waals surface area (Å²) in [4.78, 5) is 14.7. The maximum atomic E-state index is 12.8. The van der Waals surface area contributed by atoms with E-state index in [0.29, 0.717) is 18.8 Å². The lowest BCUT2D eigenvalue weighted by atomic mass is 9.76. The molecule has 1 N–H and O–H groups in total. The topological polar surface area (TPSA) is 66.6 Å². The van der Waals surface area contributed by atoms with Crippen LogP contribution in [0.4, 0.5) is 0 Å². The third kappa shape index (κ3) is 4.78. The molecular weight excluding hydrogens is 340 g/mol. The van der Waals surface area contributed by atoms with Crippen LogP contribution in [0.5, 0.6) is 0 Å². The number of aliphatic hydroxyl groups excluding tert-OH is 1. The summed E-state index contributed by atoms with van der Waals surface area (Å²) in [6.45, 7) is 5.44. The maximum Gasteiger partial charge on any atom is 0.292 e. The lowest BCUT2D eigenvalue weighted by Crippen LogP contribution is -2.47. The van der Waals surface area contributed by atoms with E-state index in [1.165, 1.54) is 5.56 Å². The Bertz CT molecular complexity index is 741. The van der Waals surface area contributed by atoms with Crippen molar-refractivity contribution in [2.45, 2.75) is 51.9 Å². The molecule has 1 aliphatic heterocycles. The summed E-state index contributed by atoms with van der Waals surface area (Å²) in [5.41, 5.74) is 1.90. The van der Waals surface area contributed by atoms with Crippen LogP contribution in [0.3, 0.4) is 0 Å². The fourth-order valence-electron chi connectivity index (χ4n) is 3.92. The van der Waals surface area contributed by atoms with Crippen molar-refractivity contribution in [2.75, 3.05) is 19.7 Å². The molecule has 2 aromatic rings. The molecule has 5 heteroatoms. The van der Waals surface area contributed by atoms with Gasteiger partial charge in [-0.05, 0) is 43.6 Å². The van der Waals surface area contributed by atoms with Crippen molar-refractivity contribution in [3.05, 3.63) is 53.4 Å². The van der Waals surface area contributed by atoms with Gasteiger partial charge in [-0.3, -0.25) is 4.79 Å². The second kappa shape index (κ2) is 8.70. The van der Waals surface area contributed by atoms with Gasteiger partial charge < -0.3 is 14.5 Å². The molecule has 146 valence electrons. The lowest BCUT2D eigenvalue weighted by Gasteiger charge is -2.41. The van der Waals surface area contributed by atoms with E-state index < -0.39 is 0 Å². The second-order valence-corrected chi connectivity index (χ2v) is 8.10. The highest BCUT2D eigenvalue weighted by atomic mass is 16.5. The molecule has 1 atom stereocenters. The van der Waals surface area contributed by atoms with Gasteiger partial charge in [0.2, 0.25) is 5.76 Å². The largest absolute Gasteiger partial charge is 0.396 e. The van der Waals surface area contributed by atoms with Gasteiger partial charge in [0.05, 0.1) is 12.3 Å². The summed E-state index contributed by atoms with van der Waals surface area (Å²) in [5.74, 6) is 0.415. The molecule has 0 radical (unpaired) electrons. The number of likely N-dealkylation sites (tertiary alicyclic amines) is 1. The van der Waals surface area contributed by atoms with Gasteiger partial charge in [-0.25, -0.2) is 0 Å². The summed E-state index contributed by atoms with van der Waals surface area (Å²) >= 11 is 0. The summed E-state index contributed by atoms with van der Waals surface area (Å²) in [7, 11) is 0. The zero-order chi connectivity index (χ0) is 19.3. The van der Waals surface area contributed by atoms with Crippen molar-refractivity contribution in [2.24, 2.45) is 5.41 Å². The summed E-state index contributed by atoms with van der Waals surface area (Å²) in [6.07, 6.45) is 4.77. The van der Waals surface area contributed by atoms with E-state index in [1.54, 1.807) is 6.07 Å². The van der Waals surface area contributed by atoms with Crippen molar-refractivity contribution in [1.82, 2.24) is 10.1 Å². The van der Waals surface area contributed by atoms with E-state index >= 15 is 0 Å². The highest BCUT2D eigenvalue weighted by molar-refractivity contribution is 5.91. The summed E-state index contributed by atoms with van der Waals surface area (Å²) < 4.78 is 5.28. The average molecular weight is 370 g/mol. The first-order valence-corrected chi connectivity index (χ1v) is 9.94. The zero-order valence-electron chi connectivity index (χ0n) is 16.4. The quantitative estimate of drug-likeness (QED) is 0.799. The number of aromatic nitrogens is 1. The Morgan fingerprint density at radius 2 is 2.11 bits per heavy atom. The Kier molecular flexibility index (Phi) is 6.32. The minimum absolute atomic E-state index is 0.110. The smallest absolute Gasteiger partial charge is 0.292 e. The third-order valence-electron chi connectivity index (χ3n) is 5.63. The van der Waals surface area contributed by atoms with Crippen LogP contribution in [0.15, 0.2) is 40.9 Å². The van der Waals surface area contributed by atoms with Crippen LogP contribution in [0.1, 0.15) is 67.3 Å². The molecule has 0 unspecified atom stereocenters. The number of nitrogens with zero attached hydrogens (tertiary/aromatic N) is 2. The van der Waals surface area contributed by atoms with Crippen LogP contribution in [0.25, 0.3) is 0 Å². The lowest BCUT2D eigenvalue weighted by molar-refractivity contribution is 0.0194.